The van der Waals surface area contributed by atoms with Crippen LogP contribution < -0.4 is 11.1 Å². The average Bonchev–Trinajstić information content (AvgIpc) is 2.36. The second kappa shape index (κ2) is 11.6. The number of aliphatic imine (C=N–C) groups is 1. The van der Waals surface area contributed by atoms with E-state index in [9.17, 15) is 0 Å². The zero-order valence-electron chi connectivity index (χ0n) is 10.6. The number of nitrogens with two attached hydrogens (primary N) is 1. The normalized spacial score (nSPS) is 10.8. The van der Waals surface area contributed by atoms with Gasteiger partial charge in [-0.2, -0.15) is 11.8 Å². The lowest BCUT2D eigenvalue weighted by atomic mass is 10.3. The van der Waals surface area contributed by atoms with Crippen molar-refractivity contribution in [1.82, 2.24) is 10.3 Å². The van der Waals surface area contributed by atoms with Crippen molar-refractivity contribution in [2.75, 3.05) is 25.1 Å². The Bertz CT molecular complexity index is 332. The monoisotopic (exact) mass is 380 g/mol. The number of nitrogens with zero attached hydrogens (tertiary/aromatic N) is 2. The van der Waals surface area contributed by atoms with Gasteiger partial charge in [0.2, 0.25) is 0 Å². The summed E-state index contributed by atoms with van der Waals surface area (Å²) in [6.45, 7) is 1.57. The van der Waals surface area contributed by atoms with Crippen molar-refractivity contribution in [3.8, 4) is 0 Å². The molecule has 0 amide bonds. The third-order valence-electron chi connectivity index (χ3n) is 2.20. The van der Waals surface area contributed by atoms with Gasteiger partial charge in [0.25, 0.3) is 0 Å². The molecule has 0 aliphatic rings. The second-order valence-corrected chi connectivity index (χ2v) is 4.60. The molecule has 4 nitrogen and oxygen atoms in total. The first kappa shape index (κ1) is 17.5. The van der Waals surface area contributed by atoms with Crippen LogP contribution in [0.4, 0.5) is 0 Å². The Morgan fingerprint density at radius 3 is 3.00 bits per heavy atom. The zero-order chi connectivity index (χ0) is 12.3. The molecule has 6 heteroatoms. The fourth-order valence-electron chi connectivity index (χ4n) is 1.33. The third kappa shape index (κ3) is 8.57. The largest absolute Gasteiger partial charge is 0.370 e. The Balaban J connectivity index is 0.00000289. The molecule has 102 valence electrons. The maximum absolute atomic E-state index is 5.73. The van der Waals surface area contributed by atoms with E-state index in [4.69, 9.17) is 5.73 Å². The molecule has 0 aliphatic heterocycles. The minimum Gasteiger partial charge on any atom is -0.370 e. The molecule has 0 saturated heterocycles. The molecule has 0 saturated carbocycles. The summed E-state index contributed by atoms with van der Waals surface area (Å²) in [5.74, 6) is 1.66. The van der Waals surface area contributed by atoms with Crippen molar-refractivity contribution < 1.29 is 0 Å². The molecule has 1 aromatic heterocycles. The molecule has 3 N–H and O–H groups in total. The van der Waals surface area contributed by atoms with Gasteiger partial charge in [0, 0.05) is 31.4 Å². The van der Waals surface area contributed by atoms with Crippen LogP contribution in [0.5, 0.6) is 0 Å². The van der Waals surface area contributed by atoms with E-state index in [1.165, 1.54) is 0 Å². The van der Waals surface area contributed by atoms with E-state index in [2.05, 4.69) is 21.5 Å². The van der Waals surface area contributed by atoms with Crippen molar-refractivity contribution in [3.63, 3.8) is 0 Å². The number of thioether (sulfide) groups is 1. The molecule has 18 heavy (non-hydrogen) atoms. The standard InChI is InChI=1S/C12H20N4S.HI/c1-17-10-4-8-15-12(13)16-9-6-11-5-2-3-7-14-11;/h2-3,5,7H,4,6,8-10H2,1H3,(H3,13,15,16);1H. The molecular weight excluding hydrogens is 359 g/mol. The van der Waals surface area contributed by atoms with Gasteiger partial charge < -0.3 is 11.1 Å². The maximum atomic E-state index is 5.73. The molecule has 0 radical (unpaired) electrons. The number of halogens is 1. The van der Waals surface area contributed by atoms with E-state index in [-0.39, 0.29) is 24.0 Å². The number of hydrogen-bond donors (Lipinski definition) is 2. The van der Waals surface area contributed by atoms with Crippen LogP contribution in [0, 0.1) is 0 Å². The first-order chi connectivity index (χ1) is 8.33. The summed E-state index contributed by atoms with van der Waals surface area (Å²) in [6, 6.07) is 5.91. The Morgan fingerprint density at radius 2 is 2.33 bits per heavy atom. The summed E-state index contributed by atoms with van der Waals surface area (Å²) in [5, 5.41) is 3.09. The summed E-state index contributed by atoms with van der Waals surface area (Å²) in [5.41, 5.74) is 6.80. The lowest BCUT2D eigenvalue weighted by Crippen LogP contribution is -2.33. The van der Waals surface area contributed by atoms with Gasteiger partial charge in [-0.15, -0.1) is 24.0 Å². The van der Waals surface area contributed by atoms with Gasteiger partial charge >= 0.3 is 0 Å². The SMILES string of the molecule is CSCCCN=C(N)NCCc1ccccn1.I. The van der Waals surface area contributed by atoms with Crippen LogP contribution in [0.3, 0.4) is 0 Å². The highest BCUT2D eigenvalue weighted by Crippen LogP contribution is 1.95. The van der Waals surface area contributed by atoms with Gasteiger partial charge in [0.15, 0.2) is 5.96 Å². The number of hydrogen-bond acceptors (Lipinski definition) is 3. The summed E-state index contributed by atoms with van der Waals surface area (Å²) in [4.78, 5) is 8.48. The molecule has 0 atom stereocenters. The number of rotatable bonds is 7. The predicted molar refractivity (Wildman–Crippen MR) is 90.8 cm³/mol. The van der Waals surface area contributed by atoms with Crippen molar-refractivity contribution in [3.05, 3.63) is 30.1 Å². The van der Waals surface area contributed by atoms with Gasteiger partial charge in [-0.1, -0.05) is 6.07 Å². The van der Waals surface area contributed by atoms with Gasteiger partial charge in [0.1, 0.15) is 0 Å². The topological polar surface area (TPSA) is 63.3 Å². The smallest absolute Gasteiger partial charge is 0.188 e. The Hall–Kier alpha value is -0.500. The molecule has 0 bridgehead atoms. The van der Waals surface area contributed by atoms with E-state index in [1.54, 1.807) is 6.20 Å². The summed E-state index contributed by atoms with van der Waals surface area (Å²) >= 11 is 1.83. The van der Waals surface area contributed by atoms with E-state index >= 15 is 0 Å². The van der Waals surface area contributed by atoms with Crippen molar-refractivity contribution in [1.29, 1.82) is 0 Å². The van der Waals surface area contributed by atoms with Crippen LogP contribution >= 0.6 is 35.7 Å². The molecule has 1 aromatic rings. The number of guanidine groups is 1. The molecule has 0 aromatic carbocycles. The Kier molecular flexibility index (Phi) is 11.3. The van der Waals surface area contributed by atoms with Gasteiger partial charge in [-0.05, 0) is 30.6 Å². The van der Waals surface area contributed by atoms with Crippen LogP contribution in [-0.4, -0.2) is 36.0 Å². The third-order valence-corrected chi connectivity index (χ3v) is 2.90. The summed E-state index contributed by atoms with van der Waals surface area (Å²) in [6.07, 6.45) is 5.83. The Labute approximate surface area is 130 Å². The molecule has 0 fully saturated rings. The summed E-state index contributed by atoms with van der Waals surface area (Å²) < 4.78 is 0. The quantitative estimate of drug-likeness (QED) is 0.328. The lowest BCUT2D eigenvalue weighted by molar-refractivity contribution is 0.823. The average molecular weight is 380 g/mol. The predicted octanol–water partition coefficient (Wildman–Crippen LogP) is 1.90. The van der Waals surface area contributed by atoms with E-state index < -0.39 is 0 Å². The first-order valence-electron chi connectivity index (χ1n) is 5.75. The highest BCUT2D eigenvalue weighted by Gasteiger charge is 1.94. The number of aromatic nitrogens is 1. The zero-order valence-corrected chi connectivity index (χ0v) is 13.8. The van der Waals surface area contributed by atoms with Gasteiger partial charge in [-0.25, -0.2) is 0 Å². The molecule has 0 unspecified atom stereocenters. The fourth-order valence-corrected chi connectivity index (χ4v) is 1.75. The molecule has 1 heterocycles. The van der Waals surface area contributed by atoms with Crippen molar-refractivity contribution in [2.45, 2.75) is 12.8 Å². The number of pyridine rings is 1. The van der Waals surface area contributed by atoms with E-state index in [1.807, 2.05) is 30.0 Å². The van der Waals surface area contributed by atoms with E-state index in [0.717, 1.165) is 37.4 Å². The van der Waals surface area contributed by atoms with Crippen LogP contribution in [0.1, 0.15) is 12.1 Å². The molecular formula is C12H21IN4S. The first-order valence-corrected chi connectivity index (χ1v) is 7.15. The Morgan fingerprint density at radius 1 is 1.50 bits per heavy atom. The summed E-state index contributed by atoms with van der Waals surface area (Å²) in [7, 11) is 0. The molecule has 1 rings (SSSR count). The fraction of sp³-hybridized carbons (Fsp3) is 0.500. The van der Waals surface area contributed by atoms with Crippen molar-refractivity contribution in [2.24, 2.45) is 10.7 Å². The van der Waals surface area contributed by atoms with Gasteiger partial charge in [0.05, 0.1) is 0 Å². The van der Waals surface area contributed by atoms with Crippen LogP contribution in [0.2, 0.25) is 0 Å². The molecule has 0 aliphatic carbocycles. The highest BCUT2D eigenvalue weighted by molar-refractivity contribution is 14.0. The minimum absolute atomic E-state index is 0. The van der Waals surface area contributed by atoms with E-state index in [0.29, 0.717) is 5.96 Å². The van der Waals surface area contributed by atoms with Gasteiger partial charge in [-0.3, -0.25) is 9.98 Å². The second-order valence-electron chi connectivity index (χ2n) is 3.61. The molecule has 0 spiro atoms. The van der Waals surface area contributed by atoms with Crippen LogP contribution in [0.25, 0.3) is 0 Å². The van der Waals surface area contributed by atoms with Crippen molar-refractivity contribution >= 4 is 41.7 Å². The van der Waals surface area contributed by atoms with Crippen LogP contribution in [-0.2, 0) is 6.42 Å². The minimum atomic E-state index is 0. The maximum Gasteiger partial charge on any atom is 0.188 e. The number of nitrogens with one attached hydrogen (secondary N) is 1. The highest BCUT2D eigenvalue weighted by atomic mass is 127. The lowest BCUT2D eigenvalue weighted by Gasteiger charge is -2.05. The van der Waals surface area contributed by atoms with Crippen LogP contribution in [0.15, 0.2) is 29.4 Å².